The highest BCUT2D eigenvalue weighted by Crippen LogP contribution is 2.20. The number of ether oxygens (including phenoxy) is 2. The maximum absolute atomic E-state index is 11.1. The van der Waals surface area contributed by atoms with E-state index in [9.17, 15) is 9.90 Å². The van der Waals surface area contributed by atoms with Gasteiger partial charge >= 0.3 is 5.97 Å². The molecular weight excluding hydrogens is 354 g/mol. The Kier molecular flexibility index (Phi) is 7.91. The van der Waals surface area contributed by atoms with E-state index in [4.69, 9.17) is 16.3 Å². The number of halogens is 1. The standard InChI is InChI=1S/C20H24ClNO4/c1-14(11-22-12-19(23)16-4-3-5-17(21)10-16)15-6-8-18(9-7-15)26-13-20(24)25-2/h3-10,14,19,22-23H,11-13H2,1-2H3/t14?,19-/m1/s1. The fourth-order valence-electron chi connectivity index (χ4n) is 2.48. The van der Waals surface area contributed by atoms with Gasteiger partial charge in [-0.1, -0.05) is 42.8 Å². The van der Waals surface area contributed by atoms with Crippen molar-refractivity contribution in [1.82, 2.24) is 5.32 Å². The minimum absolute atomic E-state index is 0.103. The summed E-state index contributed by atoms with van der Waals surface area (Å²) in [6.45, 7) is 3.17. The van der Waals surface area contributed by atoms with Crippen LogP contribution in [0.5, 0.6) is 5.75 Å². The maximum atomic E-state index is 11.1. The zero-order valence-corrected chi connectivity index (χ0v) is 15.7. The van der Waals surface area contributed by atoms with E-state index in [1.165, 1.54) is 7.11 Å². The molecule has 0 heterocycles. The molecule has 2 N–H and O–H groups in total. The lowest BCUT2D eigenvalue weighted by Gasteiger charge is -2.16. The lowest BCUT2D eigenvalue weighted by atomic mass is 10.0. The van der Waals surface area contributed by atoms with Gasteiger partial charge in [0.15, 0.2) is 6.61 Å². The van der Waals surface area contributed by atoms with Crippen LogP contribution < -0.4 is 10.1 Å². The Balaban J connectivity index is 1.78. The molecule has 2 atom stereocenters. The summed E-state index contributed by atoms with van der Waals surface area (Å²) < 4.78 is 9.87. The lowest BCUT2D eigenvalue weighted by Crippen LogP contribution is -2.25. The third-order valence-electron chi connectivity index (χ3n) is 4.06. The molecule has 0 radical (unpaired) electrons. The number of aliphatic hydroxyl groups excluding tert-OH is 1. The van der Waals surface area contributed by atoms with Crippen molar-refractivity contribution in [3.63, 3.8) is 0 Å². The van der Waals surface area contributed by atoms with Gasteiger partial charge < -0.3 is 19.9 Å². The van der Waals surface area contributed by atoms with Crippen LogP contribution in [0.15, 0.2) is 48.5 Å². The second kappa shape index (κ2) is 10.2. The Morgan fingerprint density at radius 2 is 1.88 bits per heavy atom. The molecule has 0 amide bonds. The van der Waals surface area contributed by atoms with Crippen LogP contribution in [0.1, 0.15) is 30.1 Å². The molecule has 0 aliphatic rings. The Morgan fingerprint density at radius 1 is 1.15 bits per heavy atom. The Labute approximate surface area is 158 Å². The summed E-state index contributed by atoms with van der Waals surface area (Å²) in [6.07, 6.45) is -0.602. The number of benzene rings is 2. The van der Waals surface area contributed by atoms with E-state index in [0.717, 1.165) is 17.7 Å². The third-order valence-corrected chi connectivity index (χ3v) is 4.29. The van der Waals surface area contributed by atoms with Crippen molar-refractivity contribution < 1.29 is 19.4 Å². The summed E-state index contributed by atoms with van der Waals surface area (Å²) in [7, 11) is 1.33. The van der Waals surface area contributed by atoms with Crippen LogP contribution in [-0.4, -0.2) is 37.9 Å². The van der Waals surface area contributed by atoms with Crippen LogP contribution >= 0.6 is 11.6 Å². The molecule has 0 saturated heterocycles. The molecule has 0 fully saturated rings. The number of hydrogen-bond donors (Lipinski definition) is 2. The number of carbonyl (C=O) groups is 1. The SMILES string of the molecule is COC(=O)COc1ccc(C(C)CNC[C@@H](O)c2cccc(Cl)c2)cc1. The molecule has 2 aromatic rings. The van der Waals surface area contributed by atoms with E-state index in [-0.39, 0.29) is 12.5 Å². The highest BCUT2D eigenvalue weighted by molar-refractivity contribution is 6.30. The molecule has 2 rings (SSSR count). The number of methoxy groups -OCH3 is 1. The molecule has 5 nitrogen and oxygen atoms in total. The summed E-state index contributed by atoms with van der Waals surface area (Å²) in [5.41, 5.74) is 1.94. The van der Waals surface area contributed by atoms with E-state index >= 15 is 0 Å². The van der Waals surface area contributed by atoms with Crippen LogP contribution in [0.2, 0.25) is 5.02 Å². The monoisotopic (exact) mass is 377 g/mol. The van der Waals surface area contributed by atoms with Gasteiger partial charge in [-0.25, -0.2) is 4.79 Å². The minimum Gasteiger partial charge on any atom is -0.482 e. The Hall–Kier alpha value is -2.08. The second-order valence-electron chi connectivity index (χ2n) is 6.06. The first kappa shape index (κ1) is 20.2. The van der Waals surface area contributed by atoms with Crippen LogP contribution in [0.25, 0.3) is 0 Å². The van der Waals surface area contributed by atoms with E-state index in [2.05, 4.69) is 17.0 Å². The Morgan fingerprint density at radius 3 is 2.54 bits per heavy atom. The largest absolute Gasteiger partial charge is 0.482 e. The van der Waals surface area contributed by atoms with Crippen LogP contribution in [0.4, 0.5) is 0 Å². The lowest BCUT2D eigenvalue weighted by molar-refractivity contribution is -0.142. The molecule has 0 aliphatic heterocycles. The van der Waals surface area contributed by atoms with Crippen LogP contribution in [-0.2, 0) is 9.53 Å². The first-order valence-corrected chi connectivity index (χ1v) is 8.81. The van der Waals surface area contributed by atoms with Gasteiger partial charge in [-0.05, 0) is 41.3 Å². The molecule has 2 aromatic carbocycles. The van der Waals surface area contributed by atoms with Gasteiger partial charge in [-0.3, -0.25) is 0 Å². The van der Waals surface area contributed by atoms with Crippen LogP contribution in [0, 0.1) is 0 Å². The van der Waals surface area contributed by atoms with Crippen molar-refractivity contribution in [2.24, 2.45) is 0 Å². The summed E-state index contributed by atoms with van der Waals surface area (Å²) in [6, 6.07) is 14.8. The van der Waals surface area contributed by atoms with Crippen molar-refractivity contribution in [2.45, 2.75) is 18.9 Å². The summed E-state index contributed by atoms with van der Waals surface area (Å²) in [5, 5.41) is 14.1. The normalized spacial score (nSPS) is 13.1. The van der Waals surface area contributed by atoms with Crippen LogP contribution in [0.3, 0.4) is 0 Å². The van der Waals surface area contributed by atoms with Crippen molar-refractivity contribution in [1.29, 1.82) is 0 Å². The van der Waals surface area contributed by atoms with Gasteiger partial charge in [-0.15, -0.1) is 0 Å². The minimum atomic E-state index is -0.602. The van der Waals surface area contributed by atoms with Crippen molar-refractivity contribution in [2.75, 3.05) is 26.8 Å². The van der Waals surface area contributed by atoms with Gasteiger partial charge in [0.1, 0.15) is 5.75 Å². The van der Waals surface area contributed by atoms with Crippen molar-refractivity contribution >= 4 is 17.6 Å². The van der Waals surface area contributed by atoms with Gasteiger partial charge in [-0.2, -0.15) is 0 Å². The molecule has 0 saturated carbocycles. The highest BCUT2D eigenvalue weighted by Gasteiger charge is 2.10. The maximum Gasteiger partial charge on any atom is 0.343 e. The zero-order valence-electron chi connectivity index (χ0n) is 14.9. The topological polar surface area (TPSA) is 67.8 Å². The fourth-order valence-corrected chi connectivity index (χ4v) is 2.68. The predicted octanol–water partition coefficient (Wildman–Crippen LogP) is 3.32. The first-order chi connectivity index (χ1) is 12.5. The predicted molar refractivity (Wildman–Crippen MR) is 102 cm³/mol. The average molecular weight is 378 g/mol. The van der Waals surface area contributed by atoms with Gasteiger partial charge in [0.25, 0.3) is 0 Å². The first-order valence-electron chi connectivity index (χ1n) is 8.43. The smallest absolute Gasteiger partial charge is 0.343 e. The summed E-state index contributed by atoms with van der Waals surface area (Å²) in [5.74, 6) is 0.469. The quantitative estimate of drug-likeness (QED) is 0.656. The molecule has 0 bridgehead atoms. The van der Waals surface area contributed by atoms with Gasteiger partial charge in [0.05, 0.1) is 13.2 Å². The number of nitrogens with one attached hydrogen (secondary N) is 1. The van der Waals surface area contributed by atoms with Gasteiger partial charge in [0.2, 0.25) is 0 Å². The van der Waals surface area contributed by atoms with Gasteiger partial charge in [0, 0.05) is 18.1 Å². The number of rotatable bonds is 9. The average Bonchev–Trinajstić information content (AvgIpc) is 2.66. The fraction of sp³-hybridized carbons (Fsp3) is 0.350. The summed E-state index contributed by atoms with van der Waals surface area (Å²) in [4.78, 5) is 11.1. The molecule has 0 aliphatic carbocycles. The molecular formula is C20H24ClNO4. The molecule has 26 heavy (non-hydrogen) atoms. The molecule has 0 aromatic heterocycles. The number of aliphatic hydroxyl groups is 1. The number of carbonyl (C=O) groups excluding carboxylic acids is 1. The van der Waals surface area contributed by atoms with E-state index in [1.54, 1.807) is 12.1 Å². The number of esters is 1. The highest BCUT2D eigenvalue weighted by atomic mass is 35.5. The molecule has 6 heteroatoms. The number of hydrogen-bond acceptors (Lipinski definition) is 5. The molecule has 140 valence electrons. The Bertz CT molecular complexity index is 705. The van der Waals surface area contributed by atoms with E-state index < -0.39 is 12.1 Å². The molecule has 0 spiro atoms. The second-order valence-corrected chi connectivity index (χ2v) is 6.50. The van der Waals surface area contributed by atoms with E-state index in [0.29, 0.717) is 17.3 Å². The van der Waals surface area contributed by atoms with Crippen molar-refractivity contribution in [3.8, 4) is 5.75 Å². The summed E-state index contributed by atoms with van der Waals surface area (Å²) >= 11 is 5.95. The van der Waals surface area contributed by atoms with Crippen molar-refractivity contribution in [3.05, 3.63) is 64.7 Å². The zero-order chi connectivity index (χ0) is 18.9. The van der Waals surface area contributed by atoms with E-state index in [1.807, 2.05) is 36.4 Å². The molecule has 1 unspecified atom stereocenters. The third kappa shape index (κ3) is 6.33.